The lowest BCUT2D eigenvalue weighted by Crippen LogP contribution is -2.31. The molecule has 0 saturated heterocycles. The Morgan fingerprint density at radius 3 is 2.32 bits per heavy atom. The van der Waals surface area contributed by atoms with Crippen LogP contribution >= 0.6 is 0 Å². The molecule has 2 aromatic heterocycles. The number of nitrogens with zero attached hydrogens (tertiary/aromatic N) is 2. The molecule has 0 saturated carbocycles. The van der Waals surface area contributed by atoms with Crippen molar-refractivity contribution < 1.29 is 4.57 Å². The molecule has 0 radical (unpaired) electrons. The van der Waals surface area contributed by atoms with Crippen molar-refractivity contribution >= 4 is 0 Å². The zero-order valence-electron chi connectivity index (χ0n) is 11.2. The van der Waals surface area contributed by atoms with E-state index in [1.807, 2.05) is 12.1 Å². The van der Waals surface area contributed by atoms with Crippen molar-refractivity contribution in [1.29, 1.82) is 0 Å². The summed E-state index contributed by atoms with van der Waals surface area (Å²) in [6, 6.07) is 16.9. The molecule has 0 unspecified atom stereocenters. The lowest BCUT2D eigenvalue weighted by atomic mass is 10.0. The predicted octanol–water partition coefficient (Wildman–Crippen LogP) is 3.28. The van der Waals surface area contributed by atoms with Crippen LogP contribution in [-0.4, -0.2) is 4.57 Å². The number of hydrogen-bond donors (Lipinski definition) is 0. The second-order valence-corrected chi connectivity index (χ2v) is 4.79. The van der Waals surface area contributed by atoms with Gasteiger partial charge in [0.2, 0.25) is 5.69 Å². The Morgan fingerprint density at radius 1 is 0.895 bits per heavy atom. The third-order valence-corrected chi connectivity index (χ3v) is 3.44. The molecule has 19 heavy (non-hydrogen) atoms. The maximum atomic E-state index is 2.18. The van der Waals surface area contributed by atoms with E-state index in [9.17, 15) is 0 Å². The second-order valence-electron chi connectivity index (χ2n) is 4.79. The normalized spacial score (nSPS) is 10.6. The van der Waals surface area contributed by atoms with Gasteiger partial charge in [-0.25, -0.2) is 0 Å². The zero-order chi connectivity index (χ0) is 13.2. The highest BCUT2D eigenvalue weighted by Gasteiger charge is 2.12. The first kappa shape index (κ1) is 11.7. The topological polar surface area (TPSA) is 8.81 Å². The number of aromatic nitrogens is 2. The molecule has 2 heteroatoms. The van der Waals surface area contributed by atoms with E-state index in [2.05, 4.69) is 78.1 Å². The summed E-state index contributed by atoms with van der Waals surface area (Å²) in [6.45, 7) is 2.15. The molecular formula is C17H17N2+. The molecule has 0 N–H and O–H groups in total. The van der Waals surface area contributed by atoms with E-state index < -0.39 is 0 Å². The number of hydrogen-bond acceptors (Lipinski definition) is 0. The molecule has 0 fully saturated rings. The molecule has 0 amide bonds. The maximum Gasteiger partial charge on any atom is 0.212 e. The molecule has 2 nitrogen and oxygen atoms in total. The molecule has 0 atom stereocenters. The van der Waals surface area contributed by atoms with E-state index in [1.165, 1.54) is 22.5 Å². The van der Waals surface area contributed by atoms with Crippen LogP contribution in [0.1, 0.15) is 5.56 Å². The van der Waals surface area contributed by atoms with E-state index in [-0.39, 0.29) is 0 Å². The van der Waals surface area contributed by atoms with Gasteiger partial charge >= 0.3 is 0 Å². The van der Waals surface area contributed by atoms with Gasteiger partial charge in [-0.05, 0) is 36.8 Å². The third-order valence-electron chi connectivity index (χ3n) is 3.44. The van der Waals surface area contributed by atoms with E-state index >= 15 is 0 Å². The number of pyridine rings is 1. The Kier molecular flexibility index (Phi) is 2.92. The third kappa shape index (κ3) is 2.17. The smallest absolute Gasteiger partial charge is 0.212 e. The number of aryl methyl sites for hydroxylation is 2. The Hall–Kier alpha value is -2.35. The largest absolute Gasteiger partial charge is 0.319 e. The molecule has 0 bridgehead atoms. The number of rotatable bonds is 2. The van der Waals surface area contributed by atoms with Crippen molar-refractivity contribution in [2.45, 2.75) is 6.92 Å². The lowest BCUT2D eigenvalue weighted by Gasteiger charge is -2.06. The van der Waals surface area contributed by atoms with Crippen LogP contribution in [0.15, 0.2) is 67.1 Å². The lowest BCUT2D eigenvalue weighted by molar-refractivity contribution is -0.660. The summed E-state index contributed by atoms with van der Waals surface area (Å²) < 4.78 is 4.29. The van der Waals surface area contributed by atoms with E-state index in [1.54, 1.807) is 0 Å². The molecule has 0 aliphatic rings. The van der Waals surface area contributed by atoms with E-state index in [0.717, 1.165) is 0 Å². The average molecular weight is 249 g/mol. The monoisotopic (exact) mass is 249 g/mol. The van der Waals surface area contributed by atoms with Crippen LogP contribution in [0.4, 0.5) is 0 Å². The Labute approximate surface area is 113 Å². The van der Waals surface area contributed by atoms with Gasteiger partial charge in [-0.2, -0.15) is 4.57 Å². The van der Waals surface area contributed by atoms with Crippen molar-refractivity contribution in [3.8, 4) is 16.9 Å². The van der Waals surface area contributed by atoms with E-state index in [0.29, 0.717) is 0 Å². The minimum atomic E-state index is 1.17. The fourth-order valence-electron chi connectivity index (χ4n) is 2.39. The molecule has 0 spiro atoms. The first-order valence-electron chi connectivity index (χ1n) is 6.45. The van der Waals surface area contributed by atoms with Gasteiger partial charge in [-0.15, -0.1) is 0 Å². The van der Waals surface area contributed by atoms with Crippen LogP contribution < -0.4 is 4.57 Å². The predicted molar refractivity (Wildman–Crippen MR) is 77.1 cm³/mol. The van der Waals surface area contributed by atoms with Crippen LogP contribution in [0.5, 0.6) is 0 Å². The highest BCUT2D eigenvalue weighted by atomic mass is 15.0. The summed E-state index contributed by atoms with van der Waals surface area (Å²) in [4.78, 5) is 0. The summed E-state index contributed by atoms with van der Waals surface area (Å²) in [5.74, 6) is 0. The van der Waals surface area contributed by atoms with Gasteiger partial charge < -0.3 is 4.57 Å². The summed E-state index contributed by atoms with van der Waals surface area (Å²) in [5, 5.41) is 0. The molecular weight excluding hydrogens is 232 g/mol. The van der Waals surface area contributed by atoms with Crippen molar-refractivity contribution in [3.63, 3.8) is 0 Å². The highest BCUT2D eigenvalue weighted by Crippen LogP contribution is 2.20. The zero-order valence-corrected chi connectivity index (χ0v) is 11.2. The molecule has 2 heterocycles. The van der Waals surface area contributed by atoms with Gasteiger partial charge in [0.05, 0.1) is 0 Å². The molecule has 1 aromatic carbocycles. The summed E-state index contributed by atoms with van der Waals surface area (Å²) in [7, 11) is 2.09. The summed E-state index contributed by atoms with van der Waals surface area (Å²) >= 11 is 0. The highest BCUT2D eigenvalue weighted by molar-refractivity contribution is 5.61. The molecule has 0 aliphatic heterocycles. The van der Waals surface area contributed by atoms with Crippen LogP contribution in [0.25, 0.3) is 16.9 Å². The SMILES string of the molecule is Cc1ccccc1-c1ccc(-n2cccc2)c[n+]1C. The Morgan fingerprint density at radius 2 is 1.63 bits per heavy atom. The van der Waals surface area contributed by atoms with Crippen LogP contribution in [-0.2, 0) is 7.05 Å². The van der Waals surface area contributed by atoms with Crippen molar-refractivity contribution in [2.24, 2.45) is 7.05 Å². The van der Waals surface area contributed by atoms with Gasteiger partial charge in [0.25, 0.3) is 0 Å². The van der Waals surface area contributed by atoms with Crippen molar-refractivity contribution in [1.82, 2.24) is 4.57 Å². The minimum absolute atomic E-state index is 1.17. The van der Waals surface area contributed by atoms with Crippen LogP contribution in [0.2, 0.25) is 0 Å². The van der Waals surface area contributed by atoms with Gasteiger partial charge in [-0.1, -0.05) is 18.2 Å². The van der Waals surface area contributed by atoms with Crippen molar-refractivity contribution in [2.75, 3.05) is 0 Å². The number of benzene rings is 1. The first-order chi connectivity index (χ1) is 9.25. The molecule has 94 valence electrons. The standard InChI is InChI=1S/C17H17N2/c1-14-7-3-4-8-16(14)17-10-9-15(13-18(17)2)19-11-5-6-12-19/h3-13H,1-2H3/q+1. The van der Waals surface area contributed by atoms with Gasteiger partial charge in [0, 0.05) is 24.0 Å². The van der Waals surface area contributed by atoms with Gasteiger partial charge in [0.15, 0.2) is 6.20 Å². The molecule has 0 aliphatic carbocycles. The summed E-state index contributed by atoms with van der Waals surface area (Å²) in [6.07, 6.45) is 6.27. The Balaban J connectivity index is 2.08. The second kappa shape index (κ2) is 4.73. The minimum Gasteiger partial charge on any atom is -0.319 e. The first-order valence-corrected chi connectivity index (χ1v) is 6.45. The van der Waals surface area contributed by atoms with Crippen LogP contribution in [0.3, 0.4) is 0 Å². The van der Waals surface area contributed by atoms with Gasteiger partial charge in [-0.3, -0.25) is 0 Å². The maximum absolute atomic E-state index is 2.18. The Bertz CT molecular complexity index is 697. The summed E-state index contributed by atoms with van der Waals surface area (Å²) in [5.41, 5.74) is 4.98. The van der Waals surface area contributed by atoms with Crippen LogP contribution in [0, 0.1) is 6.92 Å². The van der Waals surface area contributed by atoms with E-state index in [4.69, 9.17) is 0 Å². The fraction of sp³-hybridized carbons (Fsp3) is 0.118. The quantitative estimate of drug-likeness (QED) is 0.616. The average Bonchev–Trinajstić information content (AvgIpc) is 2.94. The van der Waals surface area contributed by atoms with Crippen molar-refractivity contribution in [3.05, 3.63) is 72.7 Å². The van der Waals surface area contributed by atoms with Gasteiger partial charge in [0.1, 0.15) is 12.7 Å². The molecule has 3 rings (SSSR count). The fourth-order valence-corrected chi connectivity index (χ4v) is 2.39. The molecule has 3 aromatic rings.